The van der Waals surface area contributed by atoms with Gasteiger partial charge in [0.05, 0.1) is 0 Å². The fourth-order valence-corrected chi connectivity index (χ4v) is 2.49. The van der Waals surface area contributed by atoms with Gasteiger partial charge in [0.25, 0.3) is 0 Å². The lowest BCUT2D eigenvalue weighted by molar-refractivity contribution is 0.504. The second kappa shape index (κ2) is 5.74. The van der Waals surface area contributed by atoms with Crippen molar-refractivity contribution >= 4 is 33.2 Å². The van der Waals surface area contributed by atoms with Gasteiger partial charge in [0.1, 0.15) is 0 Å². The molecule has 0 fully saturated rings. The van der Waals surface area contributed by atoms with Crippen LogP contribution in [-0.4, -0.2) is 6.54 Å². The number of nitrogens with one attached hydrogen (secondary N) is 1. The molecular formula is C13H15BrClN. The van der Waals surface area contributed by atoms with Gasteiger partial charge in [0.2, 0.25) is 0 Å². The molecule has 86 valence electrons. The summed E-state index contributed by atoms with van der Waals surface area (Å²) in [5, 5.41) is 4.23. The van der Waals surface area contributed by atoms with Gasteiger partial charge in [-0.05, 0) is 59.3 Å². The minimum absolute atomic E-state index is 0.746. The predicted molar refractivity (Wildman–Crippen MR) is 74.1 cm³/mol. The molecule has 0 radical (unpaired) electrons. The van der Waals surface area contributed by atoms with E-state index in [1.165, 1.54) is 19.3 Å². The molecule has 1 N–H and O–H groups in total. The molecule has 1 aliphatic carbocycles. The van der Waals surface area contributed by atoms with Crippen LogP contribution < -0.4 is 5.32 Å². The summed E-state index contributed by atoms with van der Waals surface area (Å²) in [6.07, 6.45) is 8.23. The van der Waals surface area contributed by atoms with Gasteiger partial charge in [0, 0.05) is 21.7 Å². The summed E-state index contributed by atoms with van der Waals surface area (Å²) in [7, 11) is 0. The highest BCUT2D eigenvalue weighted by atomic mass is 79.9. The third-order valence-electron chi connectivity index (χ3n) is 2.89. The number of hydrogen-bond acceptors (Lipinski definition) is 1. The van der Waals surface area contributed by atoms with Gasteiger partial charge in [-0.25, -0.2) is 0 Å². The summed E-state index contributed by atoms with van der Waals surface area (Å²) >= 11 is 9.49. The van der Waals surface area contributed by atoms with Crippen LogP contribution in [0.25, 0.3) is 0 Å². The zero-order valence-electron chi connectivity index (χ0n) is 9.05. The first-order valence-corrected chi connectivity index (χ1v) is 6.77. The van der Waals surface area contributed by atoms with Crippen LogP contribution >= 0.6 is 27.5 Å². The Morgan fingerprint density at radius 2 is 2.25 bits per heavy atom. The van der Waals surface area contributed by atoms with Gasteiger partial charge in [-0.2, -0.15) is 0 Å². The van der Waals surface area contributed by atoms with E-state index in [1.807, 2.05) is 18.2 Å². The van der Waals surface area contributed by atoms with E-state index in [0.29, 0.717) is 0 Å². The molecule has 0 aliphatic heterocycles. The normalized spacial score (nSPS) is 19.8. The Morgan fingerprint density at radius 3 is 3.00 bits per heavy atom. The van der Waals surface area contributed by atoms with Crippen LogP contribution in [0, 0.1) is 5.92 Å². The average Bonchev–Trinajstić information content (AvgIpc) is 2.32. The van der Waals surface area contributed by atoms with Crippen LogP contribution in [-0.2, 0) is 0 Å². The first kappa shape index (κ1) is 12.0. The summed E-state index contributed by atoms with van der Waals surface area (Å²) in [5.74, 6) is 0.746. The van der Waals surface area contributed by atoms with Crippen LogP contribution in [0.4, 0.5) is 5.69 Å². The quantitative estimate of drug-likeness (QED) is 0.785. The SMILES string of the molecule is Clc1ccc(Br)c(NCC2CC=CCC2)c1. The Kier molecular flexibility index (Phi) is 4.30. The highest BCUT2D eigenvalue weighted by Gasteiger charge is 2.10. The fourth-order valence-electron chi connectivity index (χ4n) is 1.93. The third kappa shape index (κ3) is 3.26. The first-order valence-electron chi connectivity index (χ1n) is 5.59. The van der Waals surface area contributed by atoms with Gasteiger partial charge in [-0.3, -0.25) is 0 Å². The number of allylic oxidation sites excluding steroid dienone is 2. The van der Waals surface area contributed by atoms with Crippen molar-refractivity contribution in [2.24, 2.45) is 5.92 Å². The van der Waals surface area contributed by atoms with Crippen molar-refractivity contribution in [2.75, 3.05) is 11.9 Å². The van der Waals surface area contributed by atoms with Crippen molar-refractivity contribution in [2.45, 2.75) is 19.3 Å². The standard InChI is InChI=1S/C13H15BrClN/c14-12-7-6-11(15)8-13(12)16-9-10-4-2-1-3-5-10/h1-2,6-8,10,16H,3-5,9H2. The summed E-state index contributed by atoms with van der Waals surface area (Å²) < 4.78 is 1.07. The van der Waals surface area contributed by atoms with Crippen LogP contribution in [0.3, 0.4) is 0 Å². The monoisotopic (exact) mass is 299 g/mol. The molecule has 1 unspecified atom stereocenters. The first-order chi connectivity index (χ1) is 7.75. The molecule has 0 aromatic heterocycles. The fraction of sp³-hybridized carbons (Fsp3) is 0.385. The molecule has 1 aliphatic rings. The highest BCUT2D eigenvalue weighted by Crippen LogP contribution is 2.27. The van der Waals surface area contributed by atoms with E-state index < -0.39 is 0 Å². The molecule has 1 aromatic rings. The van der Waals surface area contributed by atoms with Gasteiger partial charge in [-0.15, -0.1) is 0 Å². The number of benzene rings is 1. The van der Waals surface area contributed by atoms with Crippen molar-refractivity contribution < 1.29 is 0 Å². The van der Waals surface area contributed by atoms with Crippen LogP contribution in [0.5, 0.6) is 0 Å². The second-order valence-corrected chi connectivity index (χ2v) is 5.45. The molecule has 0 spiro atoms. The minimum atomic E-state index is 0.746. The Morgan fingerprint density at radius 1 is 1.38 bits per heavy atom. The zero-order valence-corrected chi connectivity index (χ0v) is 11.4. The number of rotatable bonds is 3. The van der Waals surface area contributed by atoms with Crippen LogP contribution in [0.2, 0.25) is 5.02 Å². The number of anilines is 1. The molecule has 3 heteroatoms. The van der Waals surface area contributed by atoms with Crippen LogP contribution in [0.15, 0.2) is 34.8 Å². The molecule has 0 saturated heterocycles. The average molecular weight is 301 g/mol. The largest absolute Gasteiger partial charge is 0.384 e. The Hall–Kier alpha value is -0.470. The predicted octanol–water partition coefficient (Wildman–Crippen LogP) is 4.87. The molecule has 0 saturated carbocycles. The van der Waals surface area contributed by atoms with Gasteiger partial charge in [0.15, 0.2) is 0 Å². The van der Waals surface area contributed by atoms with Crippen molar-refractivity contribution in [1.82, 2.24) is 0 Å². The molecule has 0 heterocycles. The Labute approximate surface area is 110 Å². The molecule has 0 amide bonds. The summed E-state index contributed by atoms with van der Waals surface area (Å²) in [4.78, 5) is 0. The van der Waals surface area contributed by atoms with Crippen LogP contribution in [0.1, 0.15) is 19.3 Å². The van der Waals surface area contributed by atoms with Crippen molar-refractivity contribution in [1.29, 1.82) is 0 Å². The third-order valence-corrected chi connectivity index (χ3v) is 3.81. The maximum absolute atomic E-state index is 5.97. The maximum Gasteiger partial charge on any atom is 0.0499 e. The van der Waals surface area contributed by atoms with E-state index in [1.54, 1.807) is 0 Å². The van der Waals surface area contributed by atoms with Gasteiger partial charge in [-0.1, -0.05) is 23.8 Å². The Bertz CT molecular complexity index is 390. The summed E-state index contributed by atoms with van der Waals surface area (Å²) in [6.45, 7) is 1.02. The van der Waals surface area contributed by atoms with E-state index in [4.69, 9.17) is 11.6 Å². The lowest BCUT2D eigenvalue weighted by Crippen LogP contribution is -2.15. The number of halogens is 2. The van der Waals surface area contributed by atoms with Gasteiger partial charge < -0.3 is 5.32 Å². The topological polar surface area (TPSA) is 12.0 Å². The molecule has 16 heavy (non-hydrogen) atoms. The number of hydrogen-bond donors (Lipinski definition) is 1. The molecular weight excluding hydrogens is 286 g/mol. The van der Waals surface area contributed by atoms with E-state index in [9.17, 15) is 0 Å². The second-order valence-electron chi connectivity index (χ2n) is 4.16. The summed E-state index contributed by atoms with van der Waals surface area (Å²) in [5.41, 5.74) is 1.09. The van der Waals surface area contributed by atoms with E-state index in [-0.39, 0.29) is 0 Å². The van der Waals surface area contributed by atoms with Crippen molar-refractivity contribution in [3.05, 3.63) is 39.8 Å². The van der Waals surface area contributed by atoms with Gasteiger partial charge >= 0.3 is 0 Å². The highest BCUT2D eigenvalue weighted by molar-refractivity contribution is 9.10. The molecule has 0 bridgehead atoms. The lowest BCUT2D eigenvalue weighted by atomic mass is 9.94. The molecule has 2 rings (SSSR count). The van der Waals surface area contributed by atoms with E-state index >= 15 is 0 Å². The maximum atomic E-state index is 5.97. The Balaban J connectivity index is 1.93. The molecule has 1 nitrogen and oxygen atoms in total. The van der Waals surface area contributed by atoms with E-state index in [2.05, 4.69) is 33.4 Å². The lowest BCUT2D eigenvalue weighted by Gasteiger charge is -2.19. The minimum Gasteiger partial charge on any atom is -0.384 e. The molecule has 1 aromatic carbocycles. The van der Waals surface area contributed by atoms with Crippen molar-refractivity contribution in [3.63, 3.8) is 0 Å². The van der Waals surface area contributed by atoms with E-state index in [0.717, 1.165) is 27.6 Å². The zero-order chi connectivity index (χ0) is 11.4. The smallest absolute Gasteiger partial charge is 0.0499 e. The summed E-state index contributed by atoms with van der Waals surface area (Å²) in [6, 6.07) is 5.83. The van der Waals surface area contributed by atoms with Crippen molar-refractivity contribution in [3.8, 4) is 0 Å². The molecule has 1 atom stereocenters.